The molecule has 1 atom stereocenters. The molecule has 0 amide bonds. The number of nitrogens with one attached hydrogen (secondary N) is 1. The number of aromatic nitrogens is 1. The molecule has 4 rings (SSSR count). The Morgan fingerprint density at radius 1 is 1.00 bits per heavy atom. The van der Waals surface area contributed by atoms with Crippen LogP contribution >= 0.6 is 0 Å². The lowest BCUT2D eigenvalue weighted by molar-refractivity contribution is 0.208. The normalized spacial score (nSPS) is 12.1. The highest BCUT2D eigenvalue weighted by Gasteiger charge is 2.11. The Balaban J connectivity index is 1.58. The lowest BCUT2D eigenvalue weighted by atomic mass is 10.1. The van der Waals surface area contributed by atoms with Crippen molar-refractivity contribution in [2.24, 2.45) is 0 Å². The second-order valence-corrected chi connectivity index (χ2v) is 6.63. The number of benzene rings is 2. The summed E-state index contributed by atoms with van der Waals surface area (Å²) < 4.78 is 5.83. The van der Waals surface area contributed by atoms with E-state index in [9.17, 15) is 5.11 Å². The Hall–Kier alpha value is -3.31. The molecule has 0 bridgehead atoms. The van der Waals surface area contributed by atoms with Gasteiger partial charge in [0.2, 0.25) is 5.71 Å². The highest BCUT2D eigenvalue weighted by molar-refractivity contribution is 5.80. The number of fused-ring (bicyclic) bond motifs is 1. The maximum Gasteiger partial charge on any atom is 0.226 e. The van der Waals surface area contributed by atoms with Gasteiger partial charge in [-0.2, -0.15) is 0 Å². The zero-order valence-corrected chi connectivity index (χ0v) is 15.3. The number of hydrogen-bond acceptors (Lipinski definition) is 5. The van der Waals surface area contributed by atoms with Crippen molar-refractivity contribution in [3.05, 3.63) is 78.5 Å². The van der Waals surface area contributed by atoms with Gasteiger partial charge >= 0.3 is 0 Å². The van der Waals surface area contributed by atoms with E-state index in [4.69, 9.17) is 4.42 Å². The molecule has 136 valence electrons. The molecule has 0 saturated carbocycles. The Morgan fingerprint density at radius 3 is 2.67 bits per heavy atom. The topological polar surface area (TPSA) is 61.5 Å². The van der Waals surface area contributed by atoms with E-state index in [2.05, 4.69) is 10.3 Å². The van der Waals surface area contributed by atoms with Crippen LogP contribution < -0.4 is 10.2 Å². The smallest absolute Gasteiger partial charge is 0.226 e. The maximum absolute atomic E-state index is 10.6. The third-order valence-corrected chi connectivity index (χ3v) is 4.45. The number of anilines is 2. The standard InChI is InChI=1S/C22H21N3O2/c1-25(2)19-10-4-7-16(13-19)21(26)24-18-9-3-6-15(12-18)20-14-17-8-5-11-23-22(17)27-20/h3-14,21,24,26H,1-2H3. The molecule has 0 saturated heterocycles. The highest BCUT2D eigenvalue weighted by atomic mass is 16.3. The lowest BCUT2D eigenvalue weighted by Gasteiger charge is -2.18. The second kappa shape index (κ2) is 7.13. The van der Waals surface area contributed by atoms with Gasteiger partial charge in [-0.1, -0.05) is 24.3 Å². The summed E-state index contributed by atoms with van der Waals surface area (Å²) in [5.74, 6) is 0.747. The second-order valence-electron chi connectivity index (χ2n) is 6.63. The number of aliphatic hydroxyl groups excluding tert-OH is 1. The summed E-state index contributed by atoms with van der Waals surface area (Å²) in [7, 11) is 3.95. The zero-order chi connectivity index (χ0) is 18.8. The van der Waals surface area contributed by atoms with E-state index in [0.29, 0.717) is 5.71 Å². The van der Waals surface area contributed by atoms with E-state index in [1.54, 1.807) is 6.20 Å². The van der Waals surface area contributed by atoms with Gasteiger partial charge in [0.1, 0.15) is 5.76 Å². The van der Waals surface area contributed by atoms with Gasteiger partial charge < -0.3 is 19.7 Å². The third-order valence-electron chi connectivity index (χ3n) is 4.45. The van der Waals surface area contributed by atoms with Crippen molar-refractivity contribution in [1.29, 1.82) is 0 Å². The molecule has 2 aromatic carbocycles. The van der Waals surface area contributed by atoms with Gasteiger partial charge in [0.05, 0.1) is 0 Å². The van der Waals surface area contributed by atoms with E-state index in [-0.39, 0.29) is 0 Å². The van der Waals surface area contributed by atoms with E-state index >= 15 is 0 Å². The monoisotopic (exact) mass is 359 g/mol. The quantitative estimate of drug-likeness (QED) is 0.507. The van der Waals surface area contributed by atoms with Gasteiger partial charge in [-0.15, -0.1) is 0 Å². The van der Waals surface area contributed by atoms with Crippen LogP contribution in [0.25, 0.3) is 22.4 Å². The molecule has 2 N–H and O–H groups in total. The van der Waals surface area contributed by atoms with Crippen molar-refractivity contribution in [2.75, 3.05) is 24.3 Å². The average molecular weight is 359 g/mol. The van der Waals surface area contributed by atoms with Gasteiger partial charge in [-0.05, 0) is 42.5 Å². The van der Waals surface area contributed by atoms with Crippen LogP contribution in [0.4, 0.5) is 11.4 Å². The first-order valence-corrected chi connectivity index (χ1v) is 8.77. The molecule has 0 spiro atoms. The first kappa shape index (κ1) is 17.1. The van der Waals surface area contributed by atoms with Gasteiger partial charge in [-0.3, -0.25) is 0 Å². The fourth-order valence-corrected chi connectivity index (χ4v) is 2.99. The summed E-state index contributed by atoms with van der Waals surface area (Å²) >= 11 is 0. The molecular formula is C22H21N3O2. The lowest BCUT2D eigenvalue weighted by Crippen LogP contribution is -2.12. The van der Waals surface area contributed by atoms with Crippen LogP contribution in [0.5, 0.6) is 0 Å². The van der Waals surface area contributed by atoms with Crippen LogP contribution in [0, 0.1) is 0 Å². The zero-order valence-electron chi connectivity index (χ0n) is 15.3. The fourth-order valence-electron chi connectivity index (χ4n) is 2.99. The molecule has 5 heteroatoms. The van der Waals surface area contributed by atoms with Crippen molar-refractivity contribution in [1.82, 2.24) is 4.98 Å². The first-order valence-electron chi connectivity index (χ1n) is 8.77. The summed E-state index contributed by atoms with van der Waals surface area (Å²) in [5.41, 5.74) is 4.19. The molecule has 4 aromatic rings. The summed E-state index contributed by atoms with van der Waals surface area (Å²) in [6, 6.07) is 21.4. The Bertz CT molecular complexity index is 1040. The summed E-state index contributed by atoms with van der Waals surface area (Å²) in [6.45, 7) is 0. The summed E-state index contributed by atoms with van der Waals surface area (Å²) in [5, 5.41) is 14.7. The minimum absolute atomic E-state index is 0.617. The van der Waals surface area contributed by atoms with Crippen molar-refractivity contribution >= 4 is 22.5 Å². The van der Waals surface area contributed by atoms with Crippen LogP contribution in [-0.2, 0) is 0 Å². The Kier molecular flexibility index (Phi) is 4.52. The third kappa shape index (κ3) is 3.64. The van der Waals surface area contributed by atoms with Crippen LogP contribution in [0.3, 0.4) is 0 Å². The number of nitrogens with zero attached hydrogens (tertiary/aromatic N) is 2. The number of rotatable bonds is 5. The predicted molar refractivity (Wildman–Crippen MR) is 109 cm³/mol. The Labute approximate surface area is 157 Å². The number of hydrogen-bond donors (Lipinski definition) is 2. The number of aliphatic hydroxyl groups is 1. The minimum atomic E-state index is -0.808. The fraction of sp³-hybridized carbons (Fsp3) is 0.136. The van der Waals surface area contributed by atoms with E-state index in [1.807, 2.05) is 85.7 Å². The number of pyridine rings is 1. The minimum Gasteiger partial charge on any atom is -0.438 e. The molecule has 0 aliphatic carbocycles. The molecule has 27 heavy (non-hydrogen) atoms. The molecule has 1 unspecified atom stereocenters. The molecule has 0 aliphatic heterocycles. The first-order chi connectivity index (χ1) is 13.1. The molecule has 0 radical (unpaired) electrons. The number of furan rings is 1. The van der Waals surface area contributed by atoms with Gasteiger partial charge in [0, 0.05) is 48.2 Å². The van der Waals surface area contributed by atoms with Crippen LogP contribution in [0.2, 0.25) is 0 Å². The van der Waals surface area contributed by atoms with Crippen molar-refractivity contribution in [3.8, 4) is 11.3 Å². The predicted octanol–water partition coefficient (Wildman–Crippen LogP) is 4.66. The van der Waals surface area contributed by atoms with E-state index < -0.39 is 6.23 Å². The Morgan fingerprint density at radius 2 is 1.85 bits per heavy atom. The molecule has 2 heterocycles. The summed E-state index contributed by atoms with van der Waals surface area (Å²) in [4.78, 5) is 6.24. The van der Waals surface area contributed by atoms with Gasteiger partial charge in [0.25, 0.3) is 0 Å². The van der Waals surface area contributed by atoms with Crippen LogP contribution in [0.1, 0.15) is 11.8 Å². The van der Waals surface area contributed by atoms with Crippen molar-refractivity contribution in [2.45, 2.75) is 6.23 Å². The highest BCUT2D eigenvalue weighted by Crippen LogP contribution is 2.29. The van der Waals surface area contributed by atoms with Crippen LogP contribution in [-0.4, -0.2) is 24.2 Å². The molecule has 2 aromatic heterocycles. The summed E-state index contributed by atoms with van der Waals surface area (Å²) in [6.07, 6.45) is 0.906. The molecule has 5 nitrogen and oxygen atoms in total. The van der Waals surface area contributed by atoms with E-state index in [0.717, 1.165) is 33.6 Å². The van der Waals surface area contributed by atoms with Crippen LogP contribution in [0.15, 0.2) is 77.3 Å². The van der Waals surface area contributed by atoms with Crippen molar-refractivity contribution in [3.63, 3.8) is 0 Å². The SMILES string of the molecule is CN(C)c1cccc(C(O)Nc2cccc(-c3cc4cccnc4o3)c2)c1. The largest absolute Gasteiger partial charge is 0.438 e. The van der Waals surface area contributed by atoms with E-state index in [1.165, 1.54) is 0 Å². The maximum atomic E-state index is 10.6. The van der Waals surface area contributed by atoms with Crippen molar-refractivity contribution < 1.29 is 9.52 Å². The average Bonchev–Trinajstić information content (AvgIpc) is 3.12. The van der Waals surface area contributed by atoms with Gasteiger partial charge in [-0.25, -0.2) is 4.98 Å². The molecule has 0 fully saturated rings. The molecule has 0 aliphatic rings. The molecular weight excluding hydrogens is 338 g/mol. The van der Waals surface area contributed by atoms with Gasteiger partial charge in [0.15, 0.2) is 6.23 Å².